The van der Waals surface area contributed by atoms with Gasteiger partial charge in [0, 0.05) is 5.92 Å². The van der Waals surface area contributed by atoms with Crippen molar-refractivity contribution in [2.75, 3.05) is 21.1 Å². The van der Waals surface area contributed by atoms with Gasteiger partial charge in [-0.15, -0.1) is 0 Å². The van der Waals surface area contributed by atoms with E-state index in [2.05, 4.69) is 0 Å². The molecule has 0 aliphatic heterocycles. The summed E-state index contributed by atoms with van der Waals surface area (Å²) in [5.74, 6) is 0.568. The molecular weight excluding hydrogens is 173 g/mol. The molecule has 1 fully saturated rings. The molecule has 0 spiro atoms. The van der Waals surface area contributed by atoms with Crippen molar-refractivity contribution in [3.8, 4) is 0 Å². The molecule has 0 aromatic carbocycles. The molecule has 0 amide bonds. The highest BCUT2D eigenvalue weighted by molar-refractivity contribution is 6.20. The number of ketones is 1. The minimum atomic E-state index is 0.241. The Hall–Kier alpha value is -0.305. The number of Topliss-reactive ketones (excluding diaryl/α,β-unsaturated/α-hetero) is 1. The molecule has 1 aliphatic carbocycles. The van der Waals surface area contributed by atoms with E-state index in [0.29, 0.717) is 5.92 Å². The molecular formula is C11H22BNO. The van der Waals surface area contributed by atoms with Gasteiger partial charge in [0.05, 0.1) is 7.85 Å². The Morgan fingerprint density at radius 1 is 1.21 bits per heavy atom. The maximum Gasteiger partial charge on any atom is 0.127 e. The highest BCUT2D eigenvalue weighted by Gasteiger charge is 2.18. The summed E-state index contributed by atoms with van der Waals surface area (Å²) >= 11 is 0. The lowest BCUT2D eigenvalue weighted by Crippen LogP contribution is -2.16. The first kappa shape index (κ1) is 13.7. The fraction of sp³-hybridized carbons (Fsp3) is 0.909. The molecule has 3 heteroatoms. The molecule has 80 valence electrons. The Morgan fingerprint density at radius 2 is 1.64 bits per heavy atom. The maximum atomic E-state index is 11.0. The van der Waals surface area contributed by atoms with Crippen LogP contribution in [0.4, 0.5) is 0 Å². The van der Waals surface area contributed by atoms with Crippen molar-refractivity contribution in [1.82, 2.24) is 4.90 Å². The van der Waals surface area contributed by atoms with Crippen LogP contribution in [0.25, 0.3) is 0 Å². The summed E-state index contributed by atoms with van der Waals surface area (Å²) in [6, 6.07) is 0. The molecule has 0 N–H and O–H groups in total. The second kappa shape index (κ2) is 8.04. The molecule has 0 atom stereocenters. The van der Waals surface area contributed by atoms with E-state index in [0.717, 1.165) is 12.8 Å². The first-order chi connectivity index (χ1) is 6.57. The average molecular weight is 195 g/mol. The zero-order valence-electron chi connectivity index (χ0n) is 9.75. The number of carbonyl (C=O) groups is 1. The molecule has 0 bridgehead atoms. The van der Waals surface area contributed by atoms with Crippen LogP contribution in [0.2, 0.25) is 6.32 Å². The summed E-state index contributed by atoms with van der Waals surface area (Å²) in [5, 5.41) is 0. The standard InChI is InChI=1S/C8H13BO.C3H9N/c9-6-8(10)7-4-2-1-3-5-7;1-4(2)3/h7H,1-6H2;1-3H3. The zero-order chi connectivity index (χ0) is 11.0. The van der Waals surface area contributed by atoms with Crippen LogP contribution in [-0.2, 0) is 4.79 Å². The van der Waals surface area contributed by atoms with E-state index in [4.69, 9.17) is 7.85 Å². The van der Waals surface area contributed by atoms with Crippen molar-refractivity contribution in [2.45, 2.75) is 38.4 Å². The third-order valence-electron chi connectivity index (χ3n) is 2.26. The van der Waals surface area contributed by atoms with Crippen LogP contribution in [-0.4, -0.2) is 39.7 Å². The molecule has 0 aromatic heterocycles. The topological polar surface area (TPSA) is 20.3 Å². The third-order valence-corrected chi connectivity index (χ3v) is 2.26. The van der Waals surface area contributed by atoms with Gasteiger partial charge in [-0.05, 0) is 40.3 Å². The van der Waals surface area contributed by atoms with Gasteiger partial charge in [0.15, 0.2) is 0 Å². The van der Waals surface area contributed by atoms with Gasteiger partial charge >= 0.3 is 0 Å². The molecule has 0 saturated heterocycles. The monoisotopic (exact) mass is 195 g/mol. The van der Waals surface area contributed by atoms with E-state index in [1.165, 1.54) is 19.3 Å². The lowest BCUT2D eigenvalue weighted by atomic mass is 9.82. The predicted molar refractivity (Wildman–Crippen MR) is 61.8 cm³/mol. The second-order valence-corrected chi connectivity index (χ2v) is 4.35. The Kier molecular flexibility index (Phi) is 7.87. The van der Waals surface area contributed by atoms with Crippen molar-refractivity contribution in [1.29, 1.82) is 0 Å². The molecule has 0 aromatic rings. The predicted octanol–water partition coefficient (Wildman–Crippen LogP) is 1.90. The van der Waals surface area contributed by atoms with Gasteiger partial charge in [0.2, 0.25) is 0 Å². The van der Waals surface area contributed by atoms with Gasteiger partial charge in [-0.3, -0.25) is 0 Å². The summed E-state index contributed by atoms with van der Waals surface area (Å²) in [7, 11) is 11.3. The van der Waals surface area contributed by atoms with Gasteiger partial charge in [0.1, 0.15) is 5.78 Å². The second-order valence-electron chi connectivity index (χ2n) is 4.35. The van der Waals surface area contributed by atoms with E-state index in [1.807, 2.05) is 26.0 Å². The molecule has 2 radical (unpaired) electrons. The molecule has 0 heterocycles. The highest BCUT2D eigenvalue weighted by atomic mass is 16.1. The first-order valence-electron chi connectivity index (χ1n) is 5.41. The molecule has 1 aliphatic rings. The Labute approximate surface area is 89.5 Å². The normalized spacial score (nSPS) is 17.4. The van der Waals surface area contributed by atoms with Gasteiger partial charge < -0.3 is 9.69 Å². The molecule has 14 heavy (non-hydrogen) atoms. The molecule has 1 rings (SSSR count). The van der Waals surface area contributed by atoms with E-state index in [-0.39, 0.29) is 12.1 Å². The van der Waals surface area contributed by atoms with Crippen LogP contribution in [0.15, 0.2) is 0 Å². The van der Waals surface area contributed by atoms with E-state index in [9.17, 15) is 4.79 Å². The summed E-state index contributed by atoms with van der Waals surface area (Å²) in [6.07, 6.45) is 6.14. The number of nitrogens with zero attached hydrogens (tertiary/aromatic N) is 1. The first-order valence-corrected chi connectivity index (χ1v) is 5.41. The summed E-state index contributed by atoms with van der Waals surface area (Å²) in [5.41, 5.74) is 0. The number of rotatable bonds is 2. The summed E-state index contributed by atoms with van der Waals surface area (Å²) < 4.78 is 0. The van der Waals surface area contributed by atoms with Gasteiger partial charge in [-0.1, -0.05) is 19.3 Å². The van der Waals surface area contributed by atoms with E-state index in [1.54, 1.807) is 0 Å². The van der Waals surface area contributed by atoms with Crippen molar-refractivity contribution < 1.29 is 4.79 Å². The van der Waals surface area contributed by atoms with Crippen LogP contribution in [0, 0.1) is 5.92 Å². The van der Waals surface area contributed by atoms with Crippen LogP contribution in [0.1, 0.15) is 32.1 Å². The van der Waals surface area contributed by atoms with Crippen molar-refractivity contribution in [2.24, 2.45) is 5.92 Å². The lowest BCUT2D eigenvalue weighted by Gasteiger charge is -2.19. The molecule has 0 unspecified atom stereocenters. The van der Waals surface area contributed by atoms with Crippen LogP contribution < -0.4 is 0 Å². The Balaban J connectivity index is 0.000000364. The maximum absolute atomic E-state index is 11.0. The minimum Gasteiger partial charge on any atom is -0.312 e. The van der Waals surface area contributed by atoms with Crippen LogP contribution in [0.3, 0.4) is 0 Å². The zero-order valence-corrected chi connectivity index (χ0v) is 9.75. The largest absolute Gasteiger partial charge is 0.312 e. The van der Waals surface area contributed by atoms with Gasteiger partial charge in [0.25, 0.3) is 0 Å². The smallest absolute Gasteiger partial charge is 0.127 e. The van der Waals surface area contributed by atoms with Crippen molar-refractivity contribution in [3.05, 3.63) is 0 Å². The van der Waals surface area contributed by atoms with Gasteiger partial charge in [-0.25, -0.2) is 0 Å². The van der Waals surface area contributed by atoms with E-state index >= 15 is 0 Å². The minimum absolute atomic E-state index is 0.241. The quantitative estimate of drug-likeness (QED) is 0.627. The van der Waals surface area contributed by atoms with Crippen molar-refractivity contribution in [3.63, 3.8) is 0 Å². The molecule has 1 saturated carbocycles. The SMILES string of the molecule is CN(C)C.[B]CC(=O)C1CCCCC1. The molecule has 2 nitrogen and oxygen atoms in total. The fourth-order valence-corrected chi connectivity index (χ4v) is 1.59. The number of hydrogen-bond acceptors (Lipinski definition) is 2. The average Bonchev–Trinajstić information content (AvgIpc) is 2.17. The summed E-state index contributed by atoms with van der Waals surface area (Å²) in [4.78, 5) is 13.0. The van der Waals surface area contributed by atoms with Crippen LogP contribution >= 0.6 is 0 Å². The van der Waals surface area contributed by atoms with E-state index < -0.39 is 0 Å². The van der Waals surface area contributed by atoms with Crippen molar-refractivity contribution >= 4 is 13.6 Å². The highest BCUT2D eigenvalue weighted by Crippen LogP contribution is 2.24. The summed E-state index contributed by atoms with van der Waals surface area (Å²) in [6.45, 7) is 0. The Bertz CT molecular complexity index is 151. The lowest BCUT2D eigenvalue weighted by molar-refractivity contribution is -0.121. The Morgan fingerprint density at radius 3 is 2.00 bits per heavy atom. The fourth-order valence-electron chi connectivity index (χ4n) is 1.59. The van der Waals surface area contributed by atoms with Crippen LogP contribution in [0.5, 0.6) is 0 Å². The number of carbonyl (C=O) groups excluding carboxylic acids is 1. The number of hydrogen-bond donors (Lipinski definition) is 0. The van der Waals surface area contributed by atoms with Gasteiger partial charge in [-0.2, -0.15) is 0 Å². The third kappa shape index (κ3) is 7.13.